The van der Waals surface area contributed by atoms with Crippen molar-refractivity contribution >= 4 is 27.4 Å². The number of ether oxygens (including phenoxy) is 1. The number of anilines is 1. The van der Waals surface area contributed by atoms with Gasteiger partial charge < -0.3 is 10.1 Å². The van der Waals surface area contributed by atoms with Crippen LogP contribution in [-0.2, 0) is 4.79 Å². The summed E-state index contributed by atoms with van der Waals surface area (Å²) >= 11 is 3.47. The predicted octanol–water partition coefficient (Wildman–Crippen LogP) is 4.98. The number of carbonyl (C=O) groups excluding carboxylic acids is 1. The van der Waals surface area contributed by atoms with E-state index in [-0.39, 0.29) is 11.8 Å². The highest BCUT2D eigenvalue weighted by atomic mass is 79.9. The van der Waals surface area contributed by atoms with Gasteiger partial charge in [0.1, 0.15) is 11.5 Å². The predicted molar refractivity (Wildman–Crippen MR) is 93.4 cm³/mol. The number of nitrogens with one attached hydrogen (secondary N) is 1. The first kappa shape index (κ1) is 16.6. The van der Waals surface area contributed by atoms with E-state index in [9.17, 15) is 4.79 Å². The van der Waals surface area contributed by atoms with Crippen LogP contribution in [0.5, 0.6) is 5.75 Å². The molecule has 2 aromatic rings. The van der Waals surface area contributed by atoms with Crippen LogP contribution in [0.2, 0.25) is 0 Å². The highest BCUT2D eigenvalue weighted by Gasteiger charge is 2.15. The molecule has 0 spiro atoms. The maximum absolute atomic E-state index is 11.9. The van der Waals surface area contributed by atoms with Crippen molar-refractivity contribution in [3.63, 3.8) is 0 Å². The lowest BCUT2D eigenvalue weighted by molar-refractivity contribution is -0.119. The van der Waals surface area contributed by atoms with E-state index in [0.717, 1.165) is 21.5 Å². The molecule has 116 valence electrons. The minimum atomic E-state index is -0.0485. The standard InChI is InChI=1S/C18H20BrNO2/c1-3-16(21)12-18(13-7-9-17(22-2)10-8-13)20-15-6-4-5-14(19)11-15/h4-11,18,20H,3,12H2,1-2H3. The molecule has 0 fully saturated rings. The highest BCUT2D eigenvalue weighted by molar-refractivity contribution is 9.10. The smallest absolute Gasteiger partial charge is 0.135 e. The van der Waals surface area contributed by atoms with Gasteiger partial charge in [0.15, 0.2) is 0 Å². The molecular formula is C18H20BrNO2. The molecular weight excluding hydrogens is 342 g/mol. The van der Waals surface area contributed by atoms with Gasteiger partial charge in [-0.3, -0.25) is 4.79 Å². The van der Waals surface area contributed by atoms with Gasteiger partial charge in [-0.15, -0.1) is 0 Å². The molecule has 4 heteroatoms. The molecule has 0 saturated carbocycles. The van der Waals surface area contributed by atoms with Gasteiger partial charge in [-0.05, 0) is 35.9 Å². The van der Waals surface area contributed by atoms with Crippen LogP contribution >= 0.6 is 15.9 Å². The number of halogens is 1. The van der Waals surface area contributed by atoms with Crippen LogP contribution in [0.15, 0.2) is 53.0 Å². The molecule has 0 bridgehead atoms. The van der Waals surface area contributed by atoms with Crippen LogP contribution in [0.3, 0.4) is 0 Å². The van der Waals surface area contributed by atoms with Crippen LogP contribution in [0, 0.1) is 0 Å². The highest BCUT2D eigenvalue weighted by Crippen LogP contribution is 2.26. The summed E-state index contributed by atoms with van der Waals surface area (Å²) in [6, 6.07) is 15.7. The van der Waals surface area contributed by atoms with Crippen LogP contribution in [0.1, 0.15) is 31.4 Å². The summed E-state index contributed by atoms with van der Waals surface area (Å²) in [7, 11) is 1.65. The summed E-state index contributed by atoms with van der Waals surface area (Å²) in [6.45, 7) is 1.90. The molecule has 0 aliphatic rings. The van der Waals surface area contributed by atoms with Crippen molar-refractivity contribution in [3.05, 3.63) is 58.6 Å². The quantitative estimate of drug-likeness (QED) is 0.755. The first-order valence-electron chi connectivity index (χ1n) is 7.30. The number of benzene rings is 2. The average Bonchev–Trinajstić information content (AvgIpc) is 2.54. The number of hydrogen-bond acceptors (Lipinski definition) is 3. The Morgan fingerprint density at radius 2 is 1.95 bits per heavy atom. The Balaban J connectivity index is 2.23. The van der Waals surface area contributed by atoms with Crippen LogP contribution in [0.25, 0.3) is 0 Å². The van der Waals surface area contributed by atoms with Crippen molar-refractivity contribution < 1.29 is 9.53 Å². The SMILES string of the molecule is CCC(=O)CC(Nc1cccc(Br)c1)c1ccc(OC)cc1. The third-order valence-electron chi connectivity index (χ3n) is 3.51. The lowest BCUT2D eigenvalue weighted by Gasteiger charge is -2.20. The number of ketones is 1. The molecule has 1 atom stereocenters. The van der Waals surface area contributed by atoms with E-state index in [1.807, 2.05) is 55.5 Å². The fraction of sp³-hybridized carbons (Fsp3) is 0.278. The van der Waals surface area contributed by atoms with Gasteiger partial charge in [-0.25, -0.2) is 0 Å². The Bertz CT molecular complexity index is 625. The largest absolute Gasteiger partial charge is 0.497 e. The van der Waals surface area contributed by atoms with Gasteiger partial charge in [-0.1, -0.05) is 41.1 Å². The summed E-state index contributed by atoms with van der Waals surface area (Å²) in [5.41, 5.74) is 2.06. The number of methoxy groups -OCH3 is 1. The van der Waals surface area contributed by atoms with Crippen molar-refractivity contribution in [1.29, 1.82) is 0 Å². The Morgan fingerprint density at radius 1 is 1.23 bits per heavy atom. The molecule has 0 aliphatic carbocycles. The van der Waals surface area contributed by atoms with E-state index >= 15 is 0 Å². The second-order valence-corrected chi connectivity index (χ2v) is 5.99. The Morgan fingerprint density at radius 3 is 2.55 bits per heavy atom. The van der Waals surface area contributed by atoms with Gasteiger partial charge in [0, 0.05) is 23.0 Å². The summed E-state index contributed by atoms with van der Waals surface area (Å²) in [5, 5.41) is 3.45. The molecule has 1 N–H and O–H groups in total. The Hall–Kier alpha value is -1.81. The van der Waals surface area contributed by atoms with Gasteiger partial charge in [0.05, 0.1) is 13.2 Å². The fourth-order valence-electron chi connectivity index (χ4n) is 2.24. The van der Waals surface area contributed by atoms with Crippen molar-refractivity contribution in [2.75, 3.05) is 12.4 Å². The molecule has 0 amide bonds. The number of hydrogen-bond donors (Lipinski definition) is 1. The van der Waals surface area contributed by atoms with Crippen molar-refractivity contribution in [1.82, 2.24) is 0 Å². The summed E-state index contributed by atoms with van der Waals surface area (Å²) in [6.07, 6.45) is 1.02. The number of Topliss-reactive ketones (excluding diaryl/α,β-unsaturated/α-hetero) is 1. The molecule has 0 saturated heterocycles. The Labute approximate surface area is 139 Å². The maximum Gasteiger partial charge on any atom is 0.135 e. The van der Waals surface area contributed by atoms with E-state index in [2.05, 4.69) is 21.2 Å². The van der Waals surface area contributed by atoms with Gasteiger partial charge in [0.25, 0.3) is 0 Å². The van der Waals surface area contributed by atoms with Crippen molar-refractivity contribution in [2.24, 2.45) is 0 Å². The monoisotopic (exact) mass is 361 g/mol. The summed E-state index contributed by atoms with van der Waals surface area (Å²) in [5.74, 6) is 1.05. The first-order chi connectivity index (χ1) is 10.6. The minimum Gasteiger partial charge on any atom is -0.497 e. The minimum absolute atomic E-state index is 0.0485. The second-order valence-electron chi connectivity index (χ2n) is 5.08. The first-order valence-corrected chi connectivity index (χ1v) is 8.09. The molecule has 2 rings (SSSR count). The third kappa shape index (κ3) is 4.60. The second kappa shape index (κ2) is 7.99. The normalized spacial score (nSPS) is 11.8. The van der Waals surface area contributed by atoms with E-state index in [4.69, 9.17) is 4.74 Å². The Kier molecular flexibility index (Phi) is 6.01. The van der Waals surface area contributed by atoms with Gasteiger partial charge in [0.2, 0.25) is 0 Å². The molecule has 3 nitrogen and oxygen atoms in total. The zero-order chi connectivity index (χ0) is 15.9. The molecule has 0 radical (unpaired) electrons. The van der Waals surface area contributed by atoms with E-state index in [0.29, 0.717) is 12.8 Å². The molecule has 0 aromatic heterocycles. The molecule has 1 unspecified atom stereocenters. The van der Waals surface area contributed by atoms with E-state index in [1.165, 1.54) is 0 Å². The van der Waals surface area contributed by atoms with Gasteiger partial charge >= 0.3 is 0 Å². The van der Waals surface area contributed by atoms with Crippen molar-refractivity contribution in [3.8, 4) is 5.75 Å². The van der Waals surface area contributed by atoms with Crippen molar-refractivity contribution in [2.45, 2.75) is 25.8 Å². The van der Waals surface area contributed by atoms with Crippen LogP contribution in [-0.4, -0.2) is 12.9 Å². The average molecular weight is 362 g/mol. The molecule has 0 heterocycles. The van der Waals surface area contributed by atoms with E-state index in [1.54, 1.807) is 7.11 Å². The van der Waals surface area contributed by atoms with Gasteiger partial charge in [-0.2, -0.15) is 0 Å². The topological polar surface area (TPSA) is 38.3 Å². The number of rotatable bonds is 7. The van der Waals surface area contributed by atoms with Crippen LogP contribution < -0.4 is 10.1 Å². The lowest BCUT2D eigenvalue weighted by atomic mass is 10.00. The fourth-order valence-corrected chi connectivity index (χ4v) is 2.64. The zero-order valence-electron chi connectivity index (χ0n) is 12.8. The third-order valence-corrected chi connectivity index (χ3v) is 4.00. The molecule has 2 aromatic carbocycles. The molecule has 22 heavy (non-hydrogen) atoms. The van der Waals surface area contributed by atoms with E-state index < -0.39 is 0 Å². The zero-order valence-corrected chi connectivity index (χ0v) is 14.4. The maximum atomic E-state index is 11.9. The summed E-state index contributed by atoms with van der Waals surface area (Å²) in [4.78, 5) is 11.9. The van der Waals surface area contributed by atoms with Crippen LogP contribution in [0.4, 0.5) is 5.69 Å². The summed E-state index contributed by atoms with van der Waals surface area (Å²) < 4.78 is 6.20. The molecule has 0 aliphatic heterocycles. The number of carbonyl (C=O) groups is 1. The lowest BCUT2D eigenvalue weighted by Crippen LogP contribution is -2.15.